The van der Waals surface area contributed by atoms with E-state index in [0.29, 0.717) is 30.9 Å². The van der Waals surface area contributed by atoms with Gasteiger partial charge in [0.15, 0.2) is 0 Å². The van der Waals surface area contributed by atoms with Crippen molar-refractivity contribution in [3.63, 3.8) is 0 Å². The van der Waals surface area contributed by atoms with E-state index in [1.54, 1.807) is 13.1 Å². The highest BCUT2D eigenvalue weighted by Gasteiger charge is 2.42. The number of amides is 2. The molecule has 2 aliphatic carbocycles. The van der Waals surface area contributed by atoms with Gasteiger partial charge in [0.05, 0.1) is 17.6 Å². The number of alkyl halides is 1. The molecule has 198 valence electrons. The predicted molar refractivity (Wildman–Crippen MR) is 148 cm³/mol. The summed E-state index contributed by atoms with van der Waals surface area (Å²) in [7, 11) is 0. The minimum absolute atomic E-state index is 0.00361. The maximum absolute atomic E-state index is 13.5. The third kappa shape index (κ3) is 5.94. The molecule has 4 N–H and O–H groups in total. The minimum atomic E-state index is -0.826. The second-order valence-electron chi connectivity index (χ2n) is 10.9. The van der Waals surface area contributed by atoms with Crippen molar-refractivity contribution in [3.8, 4) is 22.4 Å². The van der Waals surface area contributed by atoms with Crippen molar-refractivity contribution in [1.82, 2.24) is 10.3 Å². The van der Waals surface area contributed by atoms with Crippen molar-refractivity contribution >= 4 is 17.5 Å². The first-order valence-electron chi connectivity index (χ1n) is 13.5. The maximum atomic E-state index is 13.5. The number of benzene rings is 2. The Labute approximate surface area is 223 Å². The van der Waals surface area contributed by atoms with E-state index >= 15 is 0 Å². The zero-order valence-corrected chi connectivity index (χ0v) is 21.8. The van der Waals surface area contributed by atoms with Gasteiger partial charge in [0.1, 0.15) is 6.17 Å². The molecule has 1 heterocycles. The molecule has 0 aliphatic heterocycles. The van der Waals surface area contributed by atoms with Crippen molar-refractivity contribution in [3.05, 3.63) is 72.4 Å². The molecule has 0 atom stereocenters. The van der Waals surface area contributed by atoms with Crippen LogP contribution >= 0.6 is 0 Å². The zero-order valence-electron chi connectivity index (χ0n) is 21.8. The lowest BCUT2D eigenvalue weighted by Gasteiger charge is -2.41. The lowest BCUT2D eigenvalue weighted by atomic mass is 9.71. The Morgan fingerprint density at radius 3 is 2.32 bits per heavy atom. The van der Waals surface area contributed by atoms with Gasteiger partial charge in [-0.05, 0) is 48.8 Å². The van der Waals surface area contributed by atoms with Gasteiger partial charge in [-0.3, -0.25) is 14.6 Å². The van der Waals surface area contributed by atoms with E-state index in [-0.39, 0.29) is 17.9 Å². The molecule has 0 unspecified atom stereocenters. The van der Waals surface area contributed by atoms with E-state index in [1.165, 1.54) is 0 Å². The van der Waals surface area contributed by atoms with E-state index < -0.39 is 11.7 Å². The first kappa shape index (κ1) is 26.0. The van der Waals surface area contributed by atoms with Crippen molar-refractivity contribution in [2.45, 2.75) is 69.6 Å². The predicted octanol–water partition coefficient (Wildman–Crippen LogP) is 5.73. The average Bonchev–Trinajstić information content (AvgIpc) is 2.89. The third-order valence-electron chi connectivity index (χ3n) is 7.89. The topological polar surface area (TPSA) is 97.1 Å². The monoisotopic (exact) mass is 514 g/mol. The molecule has 2 aliphatic rings. The molecule has 2 fully saturated rings. The van der Waals surface area contributed by atoms with Crippen LogP contribution in [0.5, 0.6) is 0 Å². The number of hydrogen-bond donors (Lipinski definition) is 3. The second-order valence-corrected chi connectivity index (χ2v) is 10.9. The Morgan fingerprint density at radius 1 is 1.00 bits per heavy atom. The summed E-state index contributed by atoms with van der Waals surface area (Å²) in [6.45, 7) is 1.55. The number of halogens is 1. The molecule has 0 spiro atoms. The van der Waals surface area contributed by atoms with Gasteiger partial charge in [-0.2, -0.15) is 0 Å². The summed E-state index contributed by atoms with van der Waals surface area (Å²) >= 11 is 0. The highest BCUT2D eigenvalue weighted by molar-refractivity contribution is 5.93. The van der Waals surface area contributed by atoms with Gasteiger partial charge in [-0.1, -0.05) is 54.6 Å². The summed E-state index contributed by atoms with van der Waals surface area (Å²) in [6, 6.07) is 20.1. The van der Waals surface area contributed by atoms with Gasteiger partial charge in [-0.15, -0.1) is 0 Å². The Hall–Kier alpha value is -3.58. The molecular weight excluding hydrogens is 479 g/mol. The smallest absolute Gasteiger partial charge is 0.224 e. The van der Waals surface area contributed by atoms with E-state index in [0.717, 1.165) is 53.6 Å². The van der Waals surface area contributed by atoms with E-state index in [2.05, 4.69) is 10.6 Å². The fourth-order valence-electron chi connectivity index (χ4n) is 5.80. The molecule has 3 aromatic rings. The van der Waals surface area contributed by atoms with Gasteiger partial charge in [0, 0.05) is 48.9 Å². The number of pyridine rings is 1. The van der Waals surface area contributed by atoms with Crippen LogP contribution in [0.1, 0.15) is 57.4 Å². The van der Waals surface area contributed by atoms with Crippen LogP contribution in [0, 0.1) is 5.92 Å². The van der Waals surface area contributed by atoms with Crippen LogP contribution in [0.4, 0.5) is 10.1 Å². The van der Waals surface area contributed by atoms with Gasteiger partial charge >= 0.3 is 0 Å². The van der Waals surface area contributed by atoms with Gasteiger partial charge in [-0.25, -0.2) is 4.39 Å². The van der Waals surface area contributed by atoms with Gasteiger partial charge in [0.25, 0.3) is 0 Å². The zero-order chi connectivity index (χ0) is 26.7. The molecule has 0 radical (unpaired) electrons. The fourth-order valence-corrected chi connectivity index (χ4v) is 5.80. The highest BCUT2D eigenvalue weighted by atomic mass is 19.1. The number of nitrogens with two attached hydrogens (primary N) is 1. The van der Waals surface area contributed by atoms with Crippen LogP contribution < -0.4 is 16.4 Å². The second kappa shape index (κ2) is 11.0. The molecule has 0 saturated heterocycles. The van der Waals surface area contributed by atoms with E-state index in [4.69, 9.17) is 10.7 Å². The van der Waals surface area contributed by atoms with E-state index in [9.17, 15) is 14.0 Å². The quantitative estimate of drug-likeness (QED) is 0.375. The van der Waals surface area contributed by atoms with Gasteiger partial charge < -0.3 is 16.4 Å². The summed E-state index contributed by atoms with van der Waals surface area (Å²) in [6.07, 6.45) is 5.70. The number of nitrogens with one attached hydrogen (secondary N) is 2. The third-order valence-corrected chi connectivity index (χ3v) is 7.89. The Morgan fingerprint density at radius 2 is 1.68 bits per heavy atom. The van der Waals surface area contributed by atoms with Crippen LogP contribution in [0.2, 0.25) is 0 Å². The van der Waals surface area contributed by atoms with Crippen LogP contribution in [0.15, 0.2) is 66.9 Å². The molecule has 6 nitrogen and oxygen atoms in total. The SMILES string of the molecule is CC(=O)NC1CCC(CC(=O)Nc2cnc(-c3ccc([C@]4(N)C[C@@H](F)C4)cc3)c(-c3ccccc3)c2)CC1. The first-order chi connectivity index (χ1) is 18.3. The molecule has 7 heteroatoms. The summed E-state index contributed by atoms with van der Waals surface area (Å²) in [5.74, 6) is 0.295. The number of nitrogens with zero attached hydrogens (tertiary/aromatic N) is 1. The normalized spacial score (nSPS) is 24.8. The summed E-state index contributed by atoms with van der Waals surface area (Å²) in [4.78, 5) is 28.9. The molecule has 5 rings (SSSR count). The Bertz CT molecular complexity index is 1280. The molecule has 38 heavy (non-hydrogen) atoms. The lowest BCUT2D eigenvalue weighted by Crippen LogP contribution is -2.50. The molecule has 2 amide bonds. The number of anilines is 1. The van der Waals surface area contributed by atoms with Crippen LogP contribution in [-0.4, -0.2) is 29.0 Å². The van der Waals surface area contributed by atoms with Gasteiger partial charge in [0.2, 0.25) is 11.8 Å². The number of carbonyl (C=O) groups is 2. The standard InChI is InChI=1S/C31H35FN4O2/c1-20(37)35-26-13-7-21(8-14-26)15-29(38)36-27-16-28(22-5-3-2-4-6-22)30(34-19-27)23-9-11-24(12-10-23)31(33)17-25(32)18-31/h2-6,9-12,16,19,21,25-26H,7-8,13-15,17-18,33H2,1H3,(H,35,37)(H,36,38)/t21?,25-,26?,31+. The maximum Gasteiger partial charge on any atom is 0.224 e. The molecule has 0 bridgehead atoms. The largest absolute Gasteiger partial charge is 0.354 e. The Kier molecular flexibility index (Phi) is 7.56. The van der Waals surface area contributed by atoms with Crippen molar-refractivity contribution in [2.24, 2.45) is 11.7 Å². The van der Waals surface area contributed by atoms with Crippen LogP contribution in [0.3, 0.4) is 0 Å². The van der Waals surface area contributed by atoms with Crippen LogP contribution in [0.25, 0.3) is 22.4 Å². The van der Waals surface area contributed by atoms with Crippen LogP contribution in [-0.2, 0) is 15.1 Å². The summed E-state index contributed by atoms with van der Waals surface area (Å²) in [5.41, 5.74) is 11.0. The molecule has 2 aromatic carbocycles. The molecule has 2 saturated carbocycles. The van der Waals surface area contributed by atoms with Crippen molar-refractivity contribution in [1.29, 1.82) is 0 Å². The molecular formula is C31H35FN4O2. The number of rotatable bonds is 7. The average molecular weight is 515 g/mol. The fraction of sp³-hybridized carbons (Fsp3) is 0.387. The summed E-state index contributed by atoms with van der Waals surface area (Å²) in [5, 5.41) is 6.03. The number of hydrogen-bond acceptors (Lipinski definition) is 4. The van der Waals surface area contributed by atoms with Crippen molar-refractivity contribution in [2.75, 3.05) is 5.32 Å². The van der Waals surface area contributed by atoms with Crippen molar-refractivity contribution < 1.29 is 14.0 Å². The van der Waals surface area contributed by atoms with E-state index in [1.807, 2.05) is 60.7 Å². The Balaban J connectivity index is 1.31. The first-order valence-corrected chi connectivity index (χ1v) is 13.5. The minimum Gasteiger partial charge on any atom is -0.354 e. The number of carbonyl (C=O) groups excluding carboxylic acids is 2. The highest BCUT2D eigenvalue weighted by Crippen LogP contribution is 2.42. The molecule has 1 aromatic heterocycles. The number of aromatic nitrogens is 1. The lowest BCUT2D eigenvalue weighted by molar-refractivity contribution is -0.120. The summed E-state index contributed by atoms with van der Waals surface area (Å²) < 4.78 is 13.5.